The molecule has 3 aromatic rings. The monoisotopic (exact) mass is 332 g/mol. The van der Waals surface area contributed by atoms with Gasteiger partial charge in [0.05, 0.1) is 16.5 Å². The molecule has 1 aliphatic rings. The summed E-state index contributed by atoms with van der Waals surface area (Å²) in [7, 11) is 0. The van der Waals surface area contributed by atoms with Crippen molar-refractivity contribution >= 4 is 22.9 Å². The number of thiophene rings is 1. The van der Waals surface area contributed by atoms with Gasteiger partial charge in [-0.3, -0.25) is 4.79 Å². The molecule has 2 aromatic carbocycles. The third-order valence-electron chi connectivity index (χ3n) is 3.80. The topological polar surface area (TPSA) is 62.1 Å². The minimum atomic E-state index is -0.179. The van der Waals surface area contributed by atoms with Gasteiger partial charge >= 0.3 is 0 Å². The predicted octanol–water partition coefficient (Wildman–Crippen LogP) is 4.43. The molecule has 0 saturated heterocycles. The first-order valence-corrected chi connectivity index (χ1v) is 8.22. The van der Waals surface area contributed by atoms with Crippen LogP contribution >= 0.6 is 11.3 Å². The Bertz CT molecular complexity index is 985. The summed E-state index contributed by atoms with van der Waals surface area (Å²) in [6.45, 7) is 0.472. The Morgan fingerprint density at radius 3 is 2.92 bits per heavy atom. The molecule has 1 aromatic heterocycles. The number of fused-ring (bicyclic) bond motifs is 3. The van der Waals surface area contributed by atoms with E-state index >= 15 is 0 Å². The molecule has 5 heteroatoms. The summed E-state index contributed by atoms with van der Waals surface area (Å²) in [5.74, 6) is 0.669. The number of rotatable bonds is 2. The number of ether oxygens (including phenoxy) is 1. The Hall–Kier alpha value is -3.10. The van der Waals surface area contributed by atoms with E-state index in [0.29, 0.717) is 22.7 Å². The summed E-state index contributed by atoms with van der Waals surface area (Å²) in [5, 5.41) is 11.8. The fraction of sp³-hybridized carbons (Fsp3) is 0.0526. The van der Waals surface area contributed by atoms with Gasteiger partial charge in [-0.15, -0.1) is 11.3 Å². The van der Waals surface area contributed by atoms with Crippen LogP contribution < -0.4 is 10.1 Å². The van der Waals surface area contributed by atoms with Crippen LogP contribution in [0.15, 0.2) is 54.6 Å². The number of nitriles is 1. The Balaban J connectivity index is 1.63. The van der Waals surface area contributed by atoms with Gasteiger partial charge in [-0.25, -0.2) is 0 Å². The molecule has 0 spiro atoms. The molecule has 1 aliphatic heterocycles. The normalized spacial score (nSPS) is 11.6. The maximum Gasteiger partial charge on any atom is 0.265 e. The van der Waals surface area contributed by atoms with Crippen molar-refractivity contribution in [2.45, 2.75) is 6.61 Å². The van der Waals surface area contributed by atoms with Crippen molar-refractivity contribution < 1.29 is 9.53 Å². The summed E-state index contributed by atoms with van der Waals surface area (Å²) in [5.41, 5.74) is 3.17. The van der Waals surface area contributed by atoms with Gasteiger partial charge in [0.1, 0.15) is 12.4 Å². The first kappa shape index (κ1) is 14.5. The van der Waals surface area contributed by atoms with Crippen LogP contribution in [0.4, 0.5) is 5.69 Å². The molecule has 2 heterocycles. The van der Waals surface area contributed by atoms with E-state index in [-0.39, 0.29) is 5.91 Å². The lowest BCUT2D eigenvalue weighted by Gasteiger charge is -2.16. The van der Waals surface area contributed by atoms with Crippen LogP contribution in [0.1, 0.15) is 20.8 Å². The first-order valence-electron chi connectivity index (χ1n) is 7.41. The number of hydrogen-bond acceptors (Lipinski definition) is 4. The van der Waals surface area contributed by atoms with Gasteiger partial charge < -0.3 is 10.1 Å². The quantitative estimate of drug-likeness (QED) is 0.755. The van der Waals surface area contributed by atoms with E-state index in [1.165, 1.54) is 11.3 Å². The first-order chi connectivity index (χ1) is 11.7. The number of benzene rings is 2. The number of anilines is 1. The van der Waals surface area contributed by atoms with Crippen LogP contribution in [0.3, 0.4) is 0 Å². The summed E-state index contributed by atoms with van der Waals surface area (Å²) >= 11 is 1.46. The van der Waals surface area contributed by atoms with Crippen LogP contribution in [-0.2, 0) is 6.61 Å². The van der Waals surface area contributed by atoms with Gasteiger partial charge in [0.15, 0.2) is 0 Å². The lowest BCUT2D eigenvalue weighted by molar-refractivity contribution is 0.103. The Morgan fingerprint density at radius 1 is 1.17 bits per heavy atom. The fourth-order valence-corrected chi connectivity index (χ4v) is 3.76. The van der Waals surface area contributed by atoms with E-state index in [2.05, 4.69) is 11.4 Å². The third kappa shape index (κ3) is 2.53. The van der Waals surface area contributed by atoms with E-state index < -0.39 is 0 Å². The van der Waals surface area contributed by atoms with Gasteiger partial charge in [0, 0.05) is 21.7 Å². The number of hydrogen-bond donors (Lipinski definition) is 1. The van der Waals surface area contributed by atoms with Gasteiger partial charge in [-0.2, -0.15) is 5.26 Å². The second kappa shape index (κ2) is 5.84. The van der Waals surface area contributed by atoms with E-state index in [0.717, 1.165) is 21.8 Å². The molecule has 24 heavy (non-hydrogen) atoms. The molecule has 4 rings (SSSR count). The molecule has 0 saturated carbocycles. The highest BCUT2D eigenvalue weighted by atomic mass is 32.1. The molecule has 0 atom stereocenters. The molecular formula is C19H12N2O2S. The Labute approximate surface area is 142 Å². The maximum absolute atomic E-state index is 12.5. The highest BCUT2D eigenvalue weighted by Gasteiger charge is 2.22. The van der Waals surface area contributed by atoms with Crippen molar-refractivity contribution in [1.29, 1.82) is 5.26 Å². The minimum Gasteiger partial charge on any atom is -0.488 e. The highest BCUT2D eigenvalue weighted by molar-refractivity contribution is 7.17. The van der Waals surface area contributed by atoms with Crippen LogP contribution in [0, 0.1) is 11.3 Å². The third-order valence-corrected chi connectivity index (χ3v) is 5.01. The molecule has 0 bridgehead atoms. The molecule has 0 unspecified atom stereocenters. The zero-order chi connectivity index (χ0) is 16.5. The van der Waals surface area contributed by atoms with Crippen molar-refractivity contribution in [2.24, 2.45) is 0 Å². The van der Waals surface area contributed by atoms with Crippen molar-refractivity contribution in [3.63, 3.8) is 0 Å². The summed E-state index contributed by atoms with van der Waals surface area (Å²) in [4.78, 5) is 14.2. The maximum atomic E-state index is 12.5. The highest BCUT2D eigenvalue weighted by Crippen LogP contribution is 2.42. The zero-order valence-corrected chi connectivity index (χ0v) is 13.4. The molecule has 4 nitrogen and oxygen atoms in total. The SMILES string of the molecule is N#Cc1cccc(NC(=O)c2cc3c(s2)-c2ccccc2OC3)c1. The van der Waals surface area contributed by atoms with Crippen LogP contribution in [-0.4, -0.2) is 5.91 Å². The number of amides is 1. The number of nitrogens with one attached hydrogen (secondary N) is 1. The lowest BCUT2D eigenvalue weighted by Crippen LogP contribution is -2.10. The Morgan fingerprint density at radius 2 is 2.04 bits per heavy atom. The van der Waals surface area contributed by atoms with Crippen LogP contribution in [0.5, 0.6) is 5.75 Å². The smallest absolute Gasteiger partial charge is 0.265 e. The molecule has 1 amide bonds. The van der Waals surface area contributed by atoms with Crippen molar-refractivity contribution in [3.05, 3.63) is 70.6 Å². The fourth-order valence-electron chi connectivity index (χ4n) is 2.67. The summed E-state index contributed by atoms with van der Waals surface area (Å²) in [6.07, 6.45) is 0. The summed E-state index contributed by atoms with van der Waals surface area (Å²) in [6, 6.07) is 18.7. The molecule has 0 radical (unpaired) electrons. The number of carbonyl (C=O) groups is 1. The van der Waals surface area contributed by atoms with Crippen molar-refractivity contribution in [1.82, 2.24) is 0 Å². The van der Waals surface area contributed by atoms with E-state index in [1.807, 2.05) is 30.3 Å². The molecule has 0 fully saturated rings. The van der Waals surface area contributed by atoms with Crippen molar-refractivity contribution in [3.8, 4) is 22.3 Å². The molecular weight excluding hydrogens is 320 g/mol. The molecule has 1 N–H and O–H groups in total. The average Bonchev–Trinajstić information content (AvgIpc) is 3.07. The van der Waals surface area contributed by atoms with Gasteiger partial charge in [0.25, 0.3) is 5.91 Å². The van der Waals surface area contributed by atoms with Gasteiger partial charge in [0.2, 0.25) is 0 Å². The van der Waals surface area contributed by atoms with Crippen molar-refractivity contribution in [2.75, 3.05) is 5.32 Å². The average molecular weight is 332 g/mol. The van der Waals surface area contributed by atoms with Crippen LogP contribution in [0.2, 0.25) is 0 Å². The number of para-hydroxylation sites is 1. The molecule has 0 aliphatic carbocycles. The second-order valence-electron chi connectivity index (χ2n) is 5.40. The number of nitrogens with zero attached hydrogens (tertiary/aromatic N) is 1. The molecule has 116 valence electrons. The van der Waals surface area contributed by atoms with Gasteiger partial charge in [-0.1, -0.05) is 18.2 Å². The van der Waals surface area contributed by atoms with Gasteiger partial charge in [-0.05, 0) is 36.4 Å². The lowest BCUT2D eigenvalue weighted by atomic mass is 10.1. The van der Waals surface area contributed by atoms with Crippen LogP contribution in [0.25, 0.3) is 10.4 Å². The number of carbonyl (C=O) groups excluding carboxylic acids is 1. The Kier molecular flexibility index (Phi) is 3.52. The van der Waals surface area contributed by atoms with E-state index in [9.17, 15) is 4.79 Å². The predicted molar refractivity (Wildman–Crippen MR) is 93.2 cm³/mol. The second-order valence-corrected chi connectivity index (χ2v) is 6.45. The largest absolute Gasteiger partial charge is 0.488 e. The van der Waals surface area contributed by atoms with E-state index in [1.54, 1.807) is 24.3 Å². The standard InChI is InChI=1S/C19H12N2O2S/c20-10-12-4-3-5-14(8-12)21-19(22)17-9-13-11-23-16-7-2-1-6-15(16)18(13)24-17/h1-9H,11H2,(H,21,22). The minimum absolute atomic E-state index is 0.179. The summed E-state index contributed by atoms with van der Waals surface area (Å²) < 4.78 is 5.73. The zero-order valence-electron chi connectivity index (χ0n) is 12.6. The van der Waals surface area contributed by atoms with E-state index in [4.69, 9.17) is 10.00 Å².